The molecule has 0 aliphatic carbocycles. The van der Waals surface area contributed by atoms with Crippen LogP contribution < -0.4 is 5.43 Å². The highest BCUT2D eigenvalue weighted by atomic mass is 79.9. The van der Waals surface area contributed by atoms with Crippen LogP contribution in [0, 0.1) is 6.92 Å². The van der Waals surface area contributed by atoms with Crippen molar-refractivity contribution in [1.29, 1.82) is 0 Å². The second-order valence-corrected chi connectivity index (χ2v) is 4.34. The maximum atomic E-state index is 12.5. The Morgan fingerprint density at radius 1 is 1.38 bits per heavy atom. The number of H-pyrrole nitrogens is 1. The molecule has 2 nitrogen and oxygen atoms in total. The van der Waals surface area contributed by atoms with Gasteiger partial charge in [-0.3, -0.25) is 4.79 Å². The predicted molar refractivity (Wildman–Crippen MR) is 62.0 cm³/mol. The molecule has 84 valence electrons. The van der Waals surface area contributed by atoms with Gasteiger partial charge in [0.05, 0.1) is 11.2 Å². The average molecular weight is 288 g/mol. The largest absolute Gasteiger partial charge is 0.353 e. The Hall–Kier alpha value is -1.23. The number of nitrogens with one attached hydrogen (secondary N) is 1. The number of aryl methyl sites for hydroxylation is 1. The number of hydrogen-bond acceptors (Lipinski definition) is 1. The van der Waals surface area contributed by atoms with Crippen molar-refractivity contribution in [1.82, 2.24) is 4.98 Å². The summed E-state index contributed by atoms with van der Waals surface area (Å²) in [7, 11) is 0. The topological polar surface area (TPSA) is 32.9 Å². The molecular weight excluding hydrogens is 280 g/mol. The molecule has 1 N–H and O–H groups in total. The highest BCUT2D eigenvalue weighted by molar-refractivity contribution is 9.10. The molecule has 0 bridgehead atoms. The van der Waals surface area contributed by atoms with E-state index >= 15 is 0 Å². The number of rotatable bonds is 1. The van der Waals surface area contributed by atoms with Crippen LogP contribution in [0.25, 0.3) is 10.9 Å². The molecule has 0 radical (unpaired) electrons. The number of alkyl halides is 2. The average Bonchev–Trinajstić information content (AvgIpc) is 2.23. The predicted octanol–water partition coefficient (Wildman–Crippen LogP) is 3.54. The highest BCUT2D eigenvalue weighted by Gasteiger charge is 2.12. The Kier molecular flexibility index (Phi) is 2.80. The van der Waals surface area contributed by atoms with Crippen LogP contribution in [-0.2, 0) is 0 Å². The lowest BCUT2D eigenvalue weighted by molar-refractivity contribution is 0.146. The van der Waals surface area contributed by atoms with Crippen molar-refractivity contribution in [2.75, 3.05) is 0 Å². The van der Waals surface area contributed by atoms with E-state index in [0.29, 0.717) is 10.9 Å². The Morgan fingerprint density at radius 2 is 2.06 bits per heavy atom. The van der Waals surface area contributed by atoms with Crippen LogP contribution in [0.4, 0.5) is 8.78 Å². The van der Waals surface area contributed by atoms with E-state index in [2.05, 4.69) is 20.9 Å². The Balaban J connectivity index is 2.89. The summed E-state index contributed by atoms with van der Waals surface area (Å²) in [5, 5.41) is 0.421. The second kappa shape index (κ2) is 3.97. The number of halogens is 3. The van der Waals surface area contributed by atoms with Gasteiger partial charge in [0, 0.05) is 15.9 Å². The molecule has 0 atom stereocenters. The number of hydrogen-bond donors (Lipinski definition) is 1. The summed E-state index contributed by atoms with van der Waals surface area (Å²) in [6, 6.07) is 4.29. The molecule has 0 amide bonds. The van der Waals surface area contributed by atoms with Crippen LogP contribution >= 0.6 is 15.9 Å². The van der Waals surface area contributed by atoms with Crippen molar-refractivity contribution < 1.29 is 8.78 Å². The van der Waals surface area contributed by atoms with Gasteiger partial charge in [0.2, 0.25) is 0 Å². The second-order valence-electron chi connectivity index (χ2n) is 3.48. The number of fused-ring (bicyclic) bond motifs is 1. The molecule has 1 aromatic heterocycles. The maximum absolute atomic E-state index is 12.5. The maximum Gasteiger partial charge on any atom is 0.278 e. The van der Waals surface area contributed by atoms with Gasteiger partial charge in [-0.2, -0.15) is 0 Å². The zero-order valence-corrected chi connectivity index (χ0v) is 9.94. The van der Waals surface area contributed by atoms with Crippen LogP contribution in [0.5, 0.6) is 0 Å². The van der Waals surface area contributed by atoms with Gasteiger partial charge in [-0.05, 0) is 24.6 Å². The van der Waals surface area contributed by atoms with Crippen LogP contribution in [0.15, 0.2) is 27.5 Å². The lowest BCUT2D eigenvalue weighted by Crippen LogP contribution is -2.06. The zero-order valence-electron chi connectivity index (χ0n) is 8.35. The molecule has 2 aromatic rings. The monoisotopic (exact) mass is 287 g/mol. The van der Waals surface area contributed by atoms with Gasteiger partial charge in [-0.1, -0.05) is 15.9 Å². The molecule has 0 aliphatic rings. The Morgan fingerprint density at radius 3 is 2.69 bits per heavy atom. The third-order valence-electron chi connectivity index (χ3n) is 2.46. The lowest BCUT2D eigenvalue weighted by atomic mass is 10.1. The summed E-state index contributed by atoms with van der Waals surface area (Å²) in [6.45, 7) is 1.76. The number of pyridine rings is 1. The van der Waals surface area contributed by atoms with Gasteiger partial charge in [0.15, 0.2) is 5.43 Å². The fourth-order valence-electron chi connectivity index (χ4n) is 1.57. The molecule has 0 aliphatic heterocycles. The van der Waals surface area contributed by atoms with Crippen LogP contribution in [0.1, 0.15) is 17.7 Å². The number of aromatic nitrogens is 1. The smallest absolute Gasteiger partial charge is 0.278 e. The summed E-state index contributed by atoms with van der Waals surface area (Å²) < 4.78 is 25.8. The van der Waals surface area contributed by atoms with Gasteiger partial charge < -0.3 is 4.98 Å². The summed E-state index contributed by atoms with van der Waals surface area (Å²) in [5.74, 6) is 0. The first-order valence-electron chi connectivity index (χ1n) is 4.61. The quantitative estimate of drug-likeness (QED) is 0.855. The van der Waals surface area contributed by atoms with Crippen molar-refractivity contribution in [2.45, 2.75) is 13.3 Å². The van der Waals surface area contributed by atoms with Crippen molar-refractivity contribution in [3.63, 3.8) is 0 Å². The molecule has 0 fully saturated rings. The van der Waals surface area contributed by atoms with Crippen molar-refractivity contribution >= 4 is 26.8 Å². The van der Waals surface area contributed by atoms with Crippen molar-refractivity contribution in [3.05, 3.63) is 44.2 Å². The van der Waals surface area contributed by atoms with Gasteiger partial charge in [0.1, 0.15) is 0 Å². The Bertz CT molecular complexity index is 607. The SMILES string of the molecule is Cc1c(Br)ccc2c(=O)cc(C(F)F)[nH]c12. The molecule has 5 heteroatoms. The van der Waals surface area contributed by atoms with Crippen LogP contribution in [-0.4, -0.2) is 4.98 Å². The normalized spacial score (nSPS) is 11.3. The molecule has 16 heavy (non-hydrogen) atoms. The summed E-state index contributed by atoms with van der Waals surface area (Å²) in [4.78, 5) is 14.2. The van der Waals surface area contributed by atoms with Gasteiger partial charge in [-0.25, -0.2) is 8.78 Å². The highest BCUT2D eigenvalue weighted by Crippen LogP contribution is 2.24. The molecule has 0 saturated carbocycles. The van der Waals surface area contributed by atoms with E-state index in [1.165, 1.54) is 0 Å². The van der Waals surface area contributed by atoms with Crippen LogP contribution in [0.2, 0.25) is 0 Å². The molecule has 0 unspecified atom stereocenters. The van der Waals surface area contributed by atoms with E-state index in [1.54, 1.807) is 19.1 Å². The molecule has 1 aromatic carbocycles. The summed E-state index contributed by atoms with van der Waals surface area (Å²) >= 11 is 3.29. The third-order valence-corrected chi connectivity index (χ3v) is 3.31. The first-order chi connectivity index (χ1) is 7.50. The number of benzene rings is 1. The van der Waals surface area contributed by atoms with E-state index in [-0.39, 0.29) is 11.1 Å². The van der Waals surface area contributed by atoms with Gasteiger partial charge in [0.25, 0.3) is 6.43 Å². The third kappa shape index (κ3) is 1.75. The zero-order chi connectivity index (χ0) is 11.9. The summed E-state index contributed by atoms with van der Waals surface area (Å²) in [6.07, 6.45) is -2.67. The first kappa shape index (κ1) is 11.3. The van der Waals surface area contributed by atoms with E-state index in [0.717, 1.165) is 16.1 Å². The van der Waals surface area contributed by atoms with Crippen molar-refractivity contribution in [2.24, 2.45) is 0 Å². The lowest BCUT2D eigenvalue weighted by Gasteiger charge is -2.07. The van der Waals surface area contributed by atoms with Crippen molar-refractivity contribution in [3.8, 4) is 0 Å². The first-order valence-corrected chi connectivity index (χ1v) is 5.40. The molecule has 0 spiro atoms. The molecule has 1 heterocycles. The van der Waals surface area contributed by atoms with Gasteiger partial charge >= 0.3 is 0 Å². The fourth-order valence-corrected chi connectivity index (χ4v) is 1.90. The minimum Gasteiger partial charge on any atom is -0.353 e. The standard InChI is InChI=1S/C11H8BrF2NO/c1-5-7(12)3-2-6-9(16)4-8(11(13)14)15-10(5)6/h2-4,11H,1H3,(H,15,16). The fraction of sp³-hybridized carbons (Fsp3) is 0.182. The Labute approximate surface area is 98.4 Å². The molecule has 0 saturated heterocycles. The summed E-state index contributed by atoms with van der Waals surface area (Å²) in [5.41, 5.74) is 0.465. The number of aromatic amines is 1. The molecular formula is C11H8BrF2NO. The molecule has 2 rings (SSSR count). The van der Waals surface area contributed by atoms with E-state index in [4.69, 9.17) is 0 Å². The van der Waals surface area contributed by atoms with Gasteiger partial charge in [-0.15, -0.1) is 0 Å². The van der Waals surface area contributed by atoms with Crippen LogP contribution in [0.3, 0.4) is 0 Å². The van der Waals surface area contributed by atoms with E-state index < -0.39 is 6.43 Å². The minimum absolute atomic E-state index is 0.348. The van der Waals surface area contributed by atoms with E-state index in [9.17, 15) is 13.6 Å². The minimum atomic E-state index is -2.67. The van der Waals surface area contributed by atoms with E-state index in [1.807, 2.05) is 0 Å².